The summed E-state index contributed by atoms with van der Waals surface area (Å²) in [6.45, 7) is 6.30. The van der Waals surface area contributed by atoms with Gasteiger partial charge in [0.1, 0.15) is 11.4 Å². The summed E-state index contributed by atoms with van der Waals surface area (Å²) >= 11 is 0. The number of hydrogen-bond acceptors (Lipinski definition) is 3. The number of benzene rings is 1. The monoisotopic (exact) mass is 287 g/mol. The van der Waals surface area contributed by atoms with E-state index in [1.807, 2.05) is 31.7 Å². The van der Waals surface area contributed by atoms with Crippen LogP contribution < -0.4 is 4.43 Å². The lowest BCUT2D eigenvalue weighted by molar-refractivity contribution is 0.582. The molecule has 0 N–H and O–H groups in total. The van der Waals surface area contributed by atoms with Crippen LogP contribution in [0.2, 0.25) is 13.1 Å². The van der Waals surface area contributed by atoms with Crippen molar-refractivity contribution in [3.8, 4) is 5.75 Å². The highest BCUT2D eigenvalue weighted by atomic mass is 28.3. The number of hydrogen-bond donors (Lipinski definition) is 0. The summed E-state index contributed by atoms with van der Waals surface area (Å²) < 4.78 is 7.68. The smallest absolute Gasteiger partial charge is 0.541 e. The minimum Gasteiger partial charge on any atom is -0.541 e. The van der Waals surface area contributed by atoms with Gasteiger partial charge >= 0.3 is 1.43 Å². The van der Waals surface area contributed by atoms with E-state index in [0.717, 1.165) is 23.4 Å². The third-order valence-electron chi connectivity index (χ3n) is 2.74. The van der Waals surface area contributed by atoms with E-state index in [-0.39, 0.29) is 1.43 Å². The Kier molecular flexibility index (Phi) is 4.73. The molecule has 105 valence electrons. The predicted molar refractivity (Wildman–Crippen MR) is 85.5 cm³/mol. The maximum Gasteiger partial charge on any atom is 1.00 e. The topological polar surface area (TPSA) is 39.4 Å². The van der Waals surface area contributed by atoms with Gasteiger partial charge in [0.2, 0.25) is 0 Å². The lowest BCUT2D eigenvalue weighted by Gasteiger charge is -2.11. The highest BCUT2D eigenvalue weighted by molar-refractivity contribution is 6.49. The number of aromatic nitrogens is 2. The Bertz CT molecular complexity index is 611. The van der Waals surface area contributed by atoms with Crippen LogP contribution in [0, 0.1) is 6.92 Å². The van der Waals surface area contributed by atoms with Crippen molar-refractivity contribution >= 4 is 20.9 Å². The quantitative estimate of drug-likeness (QED) is 0.624. The van der Waals surface area contributed by atoms with Crippen molar-refractivity contribution in [1.29, 1.82) is 0 Å². The minimum absolute atomic E-state index is 0. The molecule has 0 aliphatic heterocycles. The third-order valence-corrected chi connectivity index (χ3v) is 3.37. The van der Waals surface area contributed by atoms with Gasteiger partial charge in [-0.15, -0.1) is 0 Å². The summed E-state index contributed by atoms with van der Waals surface area (Å²) in [6.07, 6.45) is 6.55. The first-order chi connectivity index (χ1) is 9.54. The van der Waals surface area contributed by atoms with Crippen LogP contribution in [0.15, 0.2) is 35.6 Å². The van der Waals surface area contributed by atoms with E-state index in [0.29, 0.717) is 0 Å². The minimum atomic E-state index is -0.782. The van der Waals surface area contributed by atoms with Crippen LogP contribution in [0.4, 0.5) is 5.69 Å². The van der Waals surface area contributed by atoms with Gasteiger partial charge in [0.05, 0.1) is 6.20 Å². The summed E-state index contributed by atoms with van der Waals surface area (Å²) in [4.78, 5) is 4.55. The molecule has 0 atom stereocenters. The molecule has 0 amide bonds. The van der Waals surface area contributed by atoms with E-state index in [2.05, 4.69) is 42.2 Å². The van der Waals surface area contributed by atoms with Gasteiger partial charge in [-0.3, -0.25) is 9.67 Å². The Morgan fingerprint density at radius 3 is 2.90 bits per heavy atom. The summed E-state index contributed by atoms with van der Waals surface area (Å²) in [5, 5.41) is 4.15. The molecule has 0 aliphatic rings. The van der Waals surface area contributed by atoms with Crippen molar-refractivity contribution in [3.05, 3.63) is 41.7 Å². The molecule has 0 saturated carbocycles. The molecule has 1 aromatic carbocycles. The molecule has 1 aromatic heterocycles. The lowest BCUT2D eigenvalue weighted by Crippen LogP contribution is -2.11. The largest absolute Gasteiger partial charge is 1.00 e. The first-order valence-corrected chi connectivity index (χ1v) is 9.04. The van der Waals surface area contributed by atoms with Crippen LogP contribution in [0.5, 0.6) is 5.75 Å². The zero-order chi connectivity index (χ0) is 14.5. The molecule has 0 spiro atoms. The van der Waals surface area contributed by atoms with E-state index >= 15 is 0 Å². The summed E-state index contributed by atoms with van der Waals surface area (Å²) in [5.74, 6) is 0.872. The molecule has 4 nitrogen and oxygen atoms in total. The Balaban J connectivity index is 0.00000220. The summed E-state index contributed by atoms with van der Waals surface area (Å²) in [7, 11) is 1.13. The standard InChI is InChI=1S/C15H20N3OSi/c1-12-5-6-15(19-20(3)4)14(9-12)16-8-7-13-10-17-18(2)11-13/h5-6,8-11H,7H2,1-4H3/p+1. The van der Waals surface area contributed by atoms with Crippen LogP contribution in [0.3, 0.4) is 0 Å². The number of nitrogens with zero attached hydrogens (tertiary/aromatic N) is 3. The molecule has 2 aromatic rings. The zero-order valence-corrected chi connectivity index (χ0v) is 13.4. The fourth-order valence-electron chi connectivity index (χ4n) is 1.86. The molecule has 0 aliphatic carbocycles. The highest BCUT2D eigenvalue weighted by Crippen LogP contribution is 2.28. The van der Waals surface area contributed by atoms with Crippen molar-refractivity contribution in [2.24, 2.45) is 12.0 Å². The van der Waals surface area contributed by atoms with Gasteiger partial charge in [0.25, 0.3) is 9.04 Å². The maximum atomic E-state index is 5.88. The number of rotatable bonds is 5. The van der Waals surface area contributed by atoms with Gasteiger partial charge < -0.3 is 4.43 Å². The molecule has 0 unspecified atom stereocenters. The van der Waals surface area contributed by atoms with Crippen LogP contribution >= 0.6 is 0 Å². The molecule has 5 heteroatoms. The first-order valence-electron chi connectivity index (χ1n) is 6.63. The van der Waals surface area contributed by atoms with Crippen molar-refractivity contribution in [2.45, 2.75) is 26.4 Å². The Hall–Kier alpha value is -1.88. The molecular formula is C15H21N3OSi+. The van der Waals surface area contributed by atoms with E-state index in [4.69, 9.17) is 4.43 Å². The molecule has 1 heterocycles. The lowest BCUT2D eigenvalue weighted by atomic mass is 10.2. The number of aliphatic imine (C=N–C) groups is 1. The van der Waals surface area contributed by atoms with Gasteiger partial charge in [-0.05, 0) is 43.3 Å². The van der Waals surface area contributed by atoms with Crippen LogP contribution in [-0.2, 0) is 13.5 Å². The second kappa shape index (κ2) is 6.52. The van der Waals surface area contributed by atoms with Crippen LogP contribution in [0.25, 0.3) is 0 Å². The summed E-state index contributed by atoms with van der Waals surface area (Å²) in [5.41, 5.74) is 3.24. The molecular weight excluding hydrogens is 266 g/mol. The van der Waals surface area contributed by atoms with Crippen molar-refractivity contribution in [1.82, 2.24) is 9.78 Å². The zero-order valence-electron chi connectivity index (χ0n) is 13.4. The average molecular weight is 287 g/mol. The van der Waals surface area contributed by atoms with Crippen LogP contribution in [0.1, 0.15) is 12.6 Å². The molecule has 1 radical (unpaired) electrons. The SMILES string of the molecule is Cc1ccc(O[Si](C)C)c(N=CCc2cnn(C)c2)c1.[H+]. The van der Waals surface area contributed by atoms with Gasteiger partial charge in [-0.2, -0.15) is 5.10 Å². The highest BCUT2D eigenvalue weighted by Gasteiger charge is 2.06. The molecule has 0 bridgehead atoms. The fraction of sp³-hybridized carbons (Fsp3) is 0.333. The maximum absolute atomic E-state index is 5.88. The Morgan fingerprint density at radius 1 is 1.45 bits per heavy atom. The van der Waals surface area contributed by atoms with Crippen LogP contribution in [-0.4, -0.2) is 25.0 Å². The first kappa shape index (κ1) is 14.5. The molecule has 0 saturated heterocycles. The van der Waals surface area contributed by atoms with Gasteiger partial charge in [0.15, 0.2) is 0 Å². The van der Waals surface area contributed by atoms with Gasteiger partial charge in [-0.25, -0.2) is 0 Å². The third kappa shape index (κ3) is 4.06. The Labute approximate surface area is 123 Å². The molecule has 20 heavy (non-hydrogen) atoms. The second-order valence-electron chi connectivity index (χ2n) is 5.02. The van der Waals surface area contributed by atoms with E-state index in [9.17, 15) is 0 Å². The van der Waals surface area contributed by atoms with E-state index in [1.165, 1.54) is 5.56 Å². The van der Waals surface area contributed by atoms with Crippen molar-refractivity contribution in [3.63, 3.8) is 0 Å². The Morgan fingerprint density at radius 2 is 2.25 bits per heavy atom. The van der Waals surface area contributed by atoms with E-state index in [1.54, 1.807) is 4.68 Å². The predicted octanol–water partition coefficient (Wildman–Crippen LogP) is 3.42. The molecule has 0 fully saturated rings. The second-order valence-corrected chi connectivity index (χ2v) is 7.04. The van der Waals surface area contributed by atoms with Gasteiger partial charge in [0, 0.05) is 25.9 Å². The number of aryl methyl sites for hydroxylation is 2. The van der Waals surface area contributed by atoms with Crippen molar-refractivity contribution in [2.75, 3.05) is 0 Å². The van der Waals surface area contributed by atoms with E-state index < -0.39 is 9.04 Å². The normalized spacial score (nSPS) is 11.4. The average Bonchev–Trinajstić information content (AvgIpc) is 2.78. The van der Waals surface area contributed by atoms with Crippen molar-refractivity contribution < 1.29 is 5.85 Å². The fourth-order valence-corrected chi connectivity index (χ4v) is 2.47. The molecule has 2 rings (SSSR count). The summed E-state index contributed by atoms with van der Waals surface area (Å²) in [6, 6.07) is 6.11. The van der Waals surface area contributed by atoms with Gasteiger partial charge in [-0.1, -0.05) is 6.07 Å².